The summed E-state index contributed by atoms with van der Waals surface area (Å²) in [6, 6.07) is 9.80. The third-order valence-corrected chi connectivity index (χ3v) is 4.43. The maximum absolute atomic E-state index is 12.7. The van der Waals surface area contributed by atoms with E-state index >= 15 is 0 Å². The van der Waals surface area contributed by atoms with Gasteiger partial charge < -0.3 is 19.1 Å². The van der Waals surface area contributed by atoms with Crippen LogP contribution in [0.25, 0.3) is 0 Å². The standard InChI is InChI=1S/C21H31NO5/c1-5-26-18(23)21(16-25-14-17-10-7-6-8-11-17)12-9-13-22(15-21)19(24)27-20(2,3)4/h6-8,10-11H,5,9,12-16H2,1-4H3. The molecule has 1 heterocycles. The predicted molar refractivity (Wildman–Crippen MR) is 102 cm³/mol. The van der Waals surface area contributed by atoms with Crippen molar-refractivity contribution in [1.82, 2.24) is 4.90 Å². The fraction of sp³-hybridized carbons (Fsp3) is 0.619. The highest BCUT2D eigenvalue weighted by Crippen LogP contribution is 2.33. The SMILES string of the molecule is CCOC(=O)C1(COCc2ccccc2)CCCN(C(=O)OC(C)(C)C)C1. The van der Waals surface area contributed by atoms with Gasteiger partial charge in [-0.05, 0) is 46.1 Å². The van der Waals surface area contributed by atoms with Gasteiger partial charge in [0.15, 0.2) is 0 Å². The van der Waals surface area contributed by atoms with E-state index in [1.807, 2.05) is 51.1 Å². The van der Waals surface area contributed by atoms with Crippen LogP contribution in [-0.4, -0.2) is 48.9 Å². The molecule has 0 saturated carbocycles. The van der Waals surface area contributed by atoms with Crippen molar-refractivity contribution in [2.45, 2.75) is 52.7 Å². The van der Waals surface area contributed by atoms with E-state index < -0.39 is 17.1 Å². The van der Waals surface area contributed by atoms with E-state index in [0.717, 1.165) is 5.56 Å². The lowest BCUT2D eigenvalue weighted by Gasteiger charge is -2.40. The van der Waals surface area contributed by atoms with E-state index in [4.69, 9.17) is 14.2 Å². The number of nitrogens with zero attached hydrogens (tertiary/aromatic N) is 1. The first-order valence-electron chi connectivity index (χ1n) is 9.52. The van der Waals surface area contributed by atoms with Crippen LogP contribution in [0.15, 0.2) is 30.3 Å². The van der Waals surface area contributed by atoms with Crippen LogP contribution >= 0.6 is 0 Å². The van der Waals surface area contributed by atoms with Crippen LogP contribution in [0.3, 0.4) is 0 Å². The number of likely N-dealkylation sites (tertiary alicyclic amines) is 1. The van der Waals surface area contributed by atoms with Crippen LogP contribution in [0.1, 0.15) is 46.1 Å². The largest absolute Gasteiger partial charge is 0.465 e. The molecule has 0 bridgehead atoms. The van der Waals surface area contributed by atoms with Crippen LogP contribution < -0.4 is 0 Å². The minimum Gasteiger partial charge on any atom is -0.465 e. The van der Waals surface area contributed by atoms with Crippen LogP contribution in [0, 0.1) is 5.41 Å². The molecule has 1 aliphatic rings. The van der Waals surface area contributed by atoms with Crippen molar-refractivity contribution in [3.05, 3.63) is 35.9 Å². The van der Waals surface area contributed by atoms with Crippen molar-refractivity contribution in [3.63, 3.8) is 0 Å². The quantitative estimate of drug-likeness (QED) is 0.706. The number of carbonyl (C=O) groups is 2. The lowest BCUT2D eigenvalue weighted by atomic mass is 9.80. The molecule has 0 radical (unpaired) electrons. The summed E-state index contributed by atoms with van der Waals surface area (Å²) in [6.07, 6.45) is 0.922. The van der Waals surface area contributed by atoms with Crippen molar-refractivity contribution < 1.29 is 23.8 Å². The van der Waals surface area contributed by atoms with Crippen molar-refractivity contribution in [1.29, 1.82) is 0 Å². The molecule has 1 aromatic carbocycles. The summed E-state index contributed by atoms with van der Waals surface area (Å²) in [5, 5.41) is 0. The van der Waals surface area contributed by atoms with E-state index in [1.54, 1.807) is 11.8 Å². The van der Waals surface area contributed by atoms with E-state index in [-0.39, 0.29) is 19.1 Å². The first kappa shape index (κ1) is 21.2. The van der Waals surface area contributed by atoms with E-state index in [2.05, 4.69) is 0 Å². The molecule has 0 N–H and O–H groups in total. The maximum Gasteiger partial charge on any atom is 0.410 e. The third-order valence-electron chi connectivity index (χ3n) is 4.43. The van der Waals surface area contributed by atoms with Gasteiger partial charge in [-0.1, -0.05) is 30.3 Å². The van der Waals surface area contributed by atoms with E-state index in [9.17, 15) is 9.59 Å². The zero-order valence-corrected chi connectivity index (χ0v) is 16.8. The second-order valence-corrected chi connectivity index (χ2v) is 7.98. The van der Waals surface area contributed by atoms with Gasteiger partial charge in [-0.25, -0.2) is 4.79 Å². The number of ether oxygens (including phenoxy) is 3. The number of hydrogen-bond donors (Lipinski definition) is 0. The Bertz CT molecular complexity index is 625. The Morgan fingerprint density at radius 1 is 1.19 bits per heavy atom. The molecular weight excluding hydrogens is 346 g/mol. The van der Waals surface area contributed by atoms with Gasteiger partial charge in [-0.15, -0.1) is 0 Å². The Kier molecular flexibility index (Phi) is 7.25. The summed E-state index contributed by atoms with van der Waals surface area (Å²) in [6.45, 7) is 9.00. The minimum absolute atomic E-state index is 0.208. The molecule has 1 atom stereocenters. The summed E-state index contributed by atoms with van der Waals surface area (Å²) in [7, 11) is 0. The summed E-state index contributed by atoms with van der Waals surface area (Å²) in [5.41, 5.74) is -0.401. The average molecular weight is 377 g/mol. The molecule has 2 rings (SSSR count). The number of carbonyl (C=O) groups excluding carboxylic acids is 2. The molecule has 27 heavy (non-hydrogen) atoms. The smallest absolute Gasteiger partial charge is 0.410 e. The first-order valence-corrected chi connectivity index (χ1v) is 9.52. The van der Waals surface area contributed by atoms with Crippen molar-refractivity contribution in [2.24, 2.45) is 5.41 Å². The van der Waals surface area contributed by atoms with Crippen LogP contribution in [-0.2, 0) is 25.6 Å². The van der Waals surface area contributed by atoms with Crippen molar-refractivity contribution in [2.75, 3.05) is 26.3 Å². The Hall–Kier alpha value is -2.08. The lowest BCUT2D eigenvalue weighted by molar-refractivity contribution is -0.164. The van der Waals surface area contributed by atoms with Gasteiger partial charge in [-0.2, -0.15) is 0 Å². The normalized spacial score (nSPS) is 20.2. The Balaban J connectivity index is 2.07. The molecule has 150 valence electrons. The van der Waals surface area contributed by atoms with Gasteiger partial charge in [0.25, 0.3) is 0 Å². The van der Waals surface area contributed by atoms with Crippen molar-refractivity contribution >= 4 is 12.1 Å². The van der Waals surface area contributed by atoms with Crippen LogP contribution in [0.4, 0.5) is 4.79 Å². The van der Waals surface area contributed by atoms with Gasteiger partial charge in [0, 0.05) is 13.1 Å². The first-order chi connectivity index (χ1) is 12.8. The lowest BCUT2D eigenvalue weighted by Crippen LogP contribution is -2.53. The predicted octanol–water partition coefficient (Wildman–Crippen LogP) is 3.78. The third kappa shape index (κ3) is 6.24. The minimum atomic E-state index is -0.861. The Morgan fingerprint density at radius 3 is 2.52 bits per heavy atom. The summed E-state index contributed by atoms with van der Waals surface area (Å²) < 4.78 is 16.7. The molecule has 1 aliphatic heterocycles. The number of hydrogen-bond acceptors (Lipinski definition) is 5. The fourth-order valence-corrected chi connectivity index (χ4v) is 3.18. The summed E-state index contributed by atoms with van der Waals surface area (Å²) in [5.74, 6) is -0.314. The monoisotopic (exact) mass is 377 g/mol. The summed E-state index contributed by atoms with van der Waals surface area (Å²) >= 11 is 0. The molecule has 0 aromatic heterocycles. The molecule has 6 heteroatoms. The number of benzene rings is 1. The molecular formula is C21H31NO5. The van der Waals surface area contributed by atoms with Gasteiger partial charge in [-0.3, -0.25) is 4.79 Å². The second kappa shape index (κ2) is 9.22. The number of piperidine rings is 1. The maximum atomic E-state index is 12.7. The molecule has 1 saturated heterocycles. The fourth-order valence-electron chi connectivity index (χ4n) is 3.18. The second-order valence-electron chi connectivity index (χ2n) is 7.98. The van der Waals surface area contributed by atoms with Gasteiger partial charge in [0.2, 0.25) is 0 Å². The number of rotatable bonds is 6. The Labute approximate surface area is 161 Å². The van der Waals surface area contributed by atoms with Crippen LogP contribution in [0.2, 0.25) is 0 Å². The highest BCUT2D eigenvalue weighted by molar-refractivity contribution is 5.79. The molecule has 1 amide bonds. The molecule has 1 fully saturated rings. The molecule has 6 nitrogen and oxygen atoms in total. The van der Waals surface area contributed by atoms with E-state index in [1.165, 1.54) is 0 Å². The van der Waals surface area contributed by atoms with Gasteiger partial charge in [0.1, 0.15) is 11.0 Å². The highest BCUT2D eigenvalue weighted by atomic mass is 16.6. The molecule has 1 unspecified atom stereocenters. The zero-order chi connectivity index (χ0) is 19.9. The molecule has 0 spiro atoms. The van der Waals surface area contributed by atoms with Gasteiger partial charge in [0.05, 0.1) is 19.8 Å². The van der Waals surface area contributed by atoms with E-state index in [0.29, 0.717) is 32.6 Å². The van der Waals surface area contributed by atoms with Crippen molar-refractivity contribution in [3.8, 4) is 0 Å². The van der Waals surface area contributed by atoms with Gasteiger partial charge >= 0.3 is 12.1 Å². The summed E-state index contributed by atoms with van der Waals surface area (Å²) in [4.78, 5) is 26.8. The Morgan fingerprint density at radius 2 is 1.89 bits per heavy atom. The topological polar surface area (TPSA) is 65.1 Å². The average Bonchev–Trinajstić information content (AvgIpc) is 2.61. The number of amides is 1. The number of esters is 1. The van der Waals surface area contributed by atoms with Crippen LogP contribution in [0.5, 0.6) is 0 Å². The zero-order valence-electron chi connectivity index (χ0n) is 16.8. The molecule has 1 aromatic rings. The molecule has 0 aliphatic carbocycles. The highest BCUT2D eigenvalue weighted by Gasteiger charge is 2.46.